The molecule has 138 valence electrons. The molecule has 2 aromatic carbocycles. The van der Waals surface area contributed by atoms with E-state index in [1.807, 2.05) is 49.4 Å². The largest absolute Gasteiger partial charge is 0.497 e. The number of hydrogen-bond acceptors (Lipinski definition) is 4. The number of ether oxygens (including phenoxy) is 2. The number of methoxy groups -OCH3 is 1. The molecule has 0 unspecified atom stereocenters. The van der Waals surface area contributed by atoms with Crippen molar-refractivity contribution in [3.63, 3.8) is 0 Å². The van der Waals surface area contributed by atoms with E-state index < -0.39 is 11.5 Å². The molecule has 1 fully saturated rings. The van der Waals surface area contributed by atoms with Crippen molar-refractivity contribution in [1.29, 1.82) is 0 Å². The number of esters is 1. The summed E-state index contributed by atoms with van der Waals surface area (Å²) in [7, 11) is 1.60. The Hall–Kier alpha value is -2.60. The van der Waals surface area contributed by atoms with Gasteiger partial charge in [0, 0.05) is 22.2 Å². The van der Waals surface area contributed by atoms with Crippen LogP contribution in [-0.4, -0.2) is 19.0 Å². The molecule has 1 saturated heterocycles. The molecule has 0 bridgehead atoms. The van der Waals surface area contributed by atoms with Crippen molar-refractivity contribution in [3.05, 3.63) is 70.3 Å². The van der Waals surface area contributed by atoms with Crippen molar-refractivity contribution in [2.45, 2.75) is 24.9 Å². The molecule has 4 rings (SSSR count). The van der Waals surface area contributed by atoms with E-state index in [0.29, 0.717) is 5.56 Å². The number of anilines is 1. The van der Waals surface area contributed by atoms with Crippen molar-refractivity contribution < 1.29 is 19.1 Å². The molecule has 6 heteroatoms. The Bertz CT molecular complexity index is 953. The average Bonchev–Trinajstić information content (AvgIpc) is 3.13. The Morgan fingerprint density at radius 2 is 1.96 bits per heavy atom. The topological polar surface area (TPSA) is 55.8 Å². The highest BCUT2D eigenvalue weighted by molar-refractivity contribution is 9.10. The Labute approximate surface area is 165 Å². The molecule has 0 N–H and O–H groups in total. The van der Waals surface area contributed by atoms with Gasteiger partial charge in [0.2, 0.25) is 5.60 Å². The highest BCUT2D eigenvalue weighted by atomic mass is 79.9. The van der Waals surface area contributed by atoms with Crippen LogP contribution in [0.15, 0.2) is 59.2 Å². The van der Waals surface area contributed by atoms with E-state index >= 15 is 0 Å². The van der Waals surface area contributed by atoms with Crippen molar-refractivity contribution in [2.24, 2.45) is 0 Å². The predicted octanol–water partition coefficient (Wildman–Crippen LogP) is 4.26. The van der Waals surface area contributed by atoms with Gasteiger partial charge in [0.05, 0.1) is 19.2 Å². The third kappa shape index (κ3) is 2.58. The van der Waals surface area contributed by atoms with E-state index in [2.05, 4.69) is 15.9 Å². The first kappa shape index (κ1) is 17.8. The monoisotopic (exact) mass is 427 g/mol. The molecule has 5 nitrogen and oxygen atoms in total. The van der Waals surface area contributed by atoms with E-state index in [1.165, 1.54) is 0 Å². The zero-order chi connectivity index (χ0) is 19.2. The van der Waals surface area contributed by atoms with Crippen LogP contribution in [0.4, 0.5) is 5.69 Å². The van der Waals surface area contributed by atoms with Crippen molar-refractivity contribution >= 4 is 33.5 Å². The number of benzene rings is 2. The predicted molar refractivity (Wildman–Crippen MR) is 105 cm³/mol. The van der Waals surface area contributed by atoms with Crippen LogP contribution in [0.3, 0.4) is 0 Å². The maximum absolute atomic E-state index is 13.5. The van der Waals surface area contributed by atoms with Gasteiger partial charge in [0.15, 0.2) is 0 Å². The smallest absolute Gasteiger partial charge is 0.308 e. The van der Waals surface area contributed by atoms with Gasteiger partial charge in [-0.15, -0.1) is 0 Å². The van der Waals surface area contributed by atoms with Crippen LogP contribution in [0.1, 0.15) is 30.4 Å². The number of rotatable bonds is 3. The fourth-order valence-corrected chi connectivity index (χ4v) is 4.30. The fourth-order valence-electron chi connectivity index (χ4n) is 3.94. The molecule has 0 radical (unpaired) electrons. The van der Waals surface area contributed by atoms with E-state index in [1.54, 1.807) is 24.3 Å². The molecule has 2 atom stereocenters. The lowest BCUT2D eigenvalue weighted by Crippen LogP contribution is -2.41. The highest BCUT2D eigenvalue weighted by Gasteiger charge is 2.63. The molecule has 1 amide bonds. The van der Waals surface area contributed by atoms with Gasteiger partial charge in [-0.25, -0.2) is 0 Å². The number of halogens is 1. The average molecular weight is 428 g/mol. The van der Waals surface area contributed by atoms with Gasteiger partial charge >= 0.3 is 5.97 Å². The molecule has 0 aliphatic carbocycles. The minimum absolute atomic E-state index is 0.147. The van der Waals surface area contributed by atoms with Gasteiger partial charge in [-0.05, 0) is 42.8 Å². The Morgan fingerprint density at radius 3 is 2.63 bits per heavy atom. The van der Waals surface area contributed by atoms with Gasteiger partial charge in [-0.2, -0.15) is 0 Å². The first-order valence-electron chi connectivity index (χ1n) is 8.63. The maximum atomic E-state index is 13.5. The standard InChI is InChI=1S/C21H18BrNO4/c1-3-10-23-18-9-6-14(22)11-17(18)21(20(23)25)16(12-19(24)27-21)13-4-7-15(26-2)8-5-13/h3-11,16H,12H2,1-2H3/b10-3-/t16-,21+/m1/s1. The Morgan fingerprint density at radius 1 is 1.22 bits per heavy atom. The lowest BCUT2D eigenvalue weighted by molar-refractivity contribution is -0.157. The van der Waals surface area contributed by atoms with E-state index in [0.717, 1.165) is 21.5 Å². The third-order valence-corrected chi connectivity index (χ3v) is 5.60. The Balaban J connectivity index is 1.92. The molecule has 1 spiro atoms. The summed E-state index contributed by atoms with van der Waals surface area (Å²) in [5.41, 5.74) is 0.939. The molecule has 0 aromatic heterocycles. The first-order chi connectivity index (χ1) is 13.0. The number of allylic oxidation sites excluding steroid dienone is 1. The van der Waals surface area contributed by atoms with Gasteiger partial charge in [0.1, 0.15) is 5.75 Å². The lowest BCUT2D eigenvalue weighted by atomic mass is 9.78. The van der Waals surface area contributed by atoms with Crippen LogP contribution in [0.5, 0.6) is 5.75 Å². The summed E-state index contributed by atoms with van der Waals surface area (Å²) in [5.74, 6) is -0.320. The second kappa shape index (κ2) is 6.53. The molecule has 2 heterocycles. The number of carbonyl (C=O) groups excluding carboxylic acids is 2. The zero-order valence-corrected chi connectivity index (χ0v) is 16.5. The fraction of sp³-hybridized carbons (Fsp3) is 0.238. The minimum atomic E-state index is -1.36. The normalized spacial score (nSPS) is 24.0. The second-order valence-electron chi connectivity index (χ2n) is 6.56. The SMILES string of the molecule is C/C=C\N1C(=O)[C@@]2(OC(=O)C[C@@H]2c2ccc(OC)cc2)c2cc(Br)ccc21. The van der Waals surface area contributed by atoms with Crippen molar-refractivity contribution in [2.75, 3.05) is 12.0 Å². The van der Waals surface area contributed by atoms with Crippen molar-refractivity contribution in [1.82, 2.24) is 0 Å². The summed E-state index contributed by atoms with van der Waals surface area (Å²) in [6.07, 6.45) is 3.65. The van der Waals surface area contributed by atoms with Crippen LogP contribution in [0.25, 0.3) is 0 Å². The summed E-state index contributed by atoms with van der Waals surface area (Å²) >= 11 is 3.48. The number of carbonyl (C=O) groups is 2. The molecular weight excluding hydrogens is 410 g/mol. The minimum Gasteiger partial charge on any atom is -0.497 e. The van der Waals surface area contributed by atoms with Crippen molar-refractivity contribution in [3.8, 4) is 5.75 Å². The van der Waals surface area contributed by atoms with Crippen LogP contribution >= 0.6 is 15.9 Å². The molecular formula is C21H18BrNO4. The summed E-state index contributed by atoms with van der Waals surface area (Å²) in [4.78, 5) is 27.4. The van der Waals surface area contributed by atoms with E-state index in [4.69, 9.17) is 9.47 Å². The van der Waals surface area contributed by atoms with Crippen LogP contribution in [0.2, 0.25) is 0 Å². The van der Waals surface area contributed by atoms with E-state index in [-0.39, 0.29) is 18.3 Å². The van der Waals surface area contributed by atoms with Crippen LogP contribution in [0, 0.1) is 0 Å². The van der Waals surface area contributed by atoms with Gasteiger partial charge in [-0.1, -0.05) is 34.1 Å². The summed E-state index contributed by atoms with van der Waals surface area (Å²) < 4.78 is 11.8. The second-order valence-corrected chi connectivity index (χ2v) is 7.47. The number of nitrogens with zero attached hydrogens (tertiary/aromatic N) is 1. The number of fused-ring (bicyclic) bond motifs is 2. The highest BCUT2D eigenvalue weighted by Crippen LogP contribution is 2.56. The maximum Gasteiger partial charge on any atom is 0.308 e. The third-order valence-electron chi connectivity index (χ3n) is 5.11. The summed E-state index contributed by atoms with van der Waals surface area (Å²) in [5, 5.41) is 0. The molecule has 2 aliphatic heterocycles. The van der Waals surface area contributed by atoms with Gasteiger partial charge < -0.3 is 9.47 Å². The lowest BCUT2D eigenvalue weighted by Gasteiger charge is -2.28. The number of amides is 1. The molecule has 0 saturated carbocycles. The van der Waals surface area contributed by atoms with Gasteiger partial charge in [-0.3, -0.25) is 14.5 Å². The zero-order valence-electron chi connectivity index (χ0n) is 14.9. The summed E-state index contributed by atoms with van der Waals surface area (Å²) in [6, 6.07) is 13.0. The summed E-state index contributed by atoms with van der Waals surface area (Å²) in [6.45, 7) is 1.85. The molecule has 2 aromatic rings. The Kier molecular flexibility index (Phi) is 4.30. The molecule has 2 aliphatic rings. The van der Waals surface area contributed by atoms with E-state index in [9.17, 15) is 9.59 Å². The number of hydrogen-bond donors (Lipinski definition) is 0. The molecule has 27 heavy (non-hydrogen) atoms. The quantitative estimate of drug-likeness (QED) is 0.686. The first-order valence-corrected chi connectivity index (χ1v) is 9.43. The van der Waals surface area contributed by atoms with Crippen LogP contribution in [-0.2, 0) is 19.9 Å². The van der Waals surface area contributed by atoms with Crippen LogP contribution < -0.4 is 9.64 Å². The van der Waals surface area contributed by atoms with Gasteiger partial charge in [0.25, 0.3) is 5.91 Å².